The third kappa shape index (κ3) is 10.1. The number of ketones is 1. The van der Waals surface area contributed by atoms with E-state index in [9.17, 15) is 4.79 Å². The Labute approximate surface area is 126 Å². The summed E-state index contributed by atoms with van der Waals surface area (Å²) < 4.78 is 0. The lowest BCUT2D eigenvalue weighted by molar-refractivity contribution is -0.116. The maximum Gasteiger partial charge on any atom is 0.129 e. The van der Waals surface area contributed by atoms with E-state index in [1.54, 1.807) is 6.92 Å². The summed E-state index contributed by atoms with van der Waals surface area (Å²) in [7, 11) is 0. The fourth-order valence-electron chi connectivity index (χ4n) is 1.26. The predicted octanol–water partition coefficient (Wildman–Crippen LogP) is 5.18. The Bertz CT molecular complexity index is 323. The van der Waals surface area contributed by atoms with E-state index in [0.29, 0.717) is 6.42 Å². The highest BCUT2D eigenvalue weighted by Gasteiger charge is 2.00. The van der Waals surface area contributed by atoms with Gasteiger partial charge in [-0.15, -0.1) is 0 Å². The molecule has 0 amide bonds. The highest BCUT2D eigenvalue weighted by molar-refractivity contribution is 7.98. The Hall–Kier alpha value is -0.410. The first-order chi connectivity index (χ1) is 9.15. The van der Waals surface area contributed by atoms with Gasteiger partial charge in [0.05, 0.1) is 0 Å². The van der Waals surface area contributed by atoms with E-state index in [2.05, 4.69) is 38.1 Å². The van der Waals surface area contributed by atoms with Gasteiger partial charge in [-0.2, -0.15) is 23.5 Å². The number of Topliss-reactive ketones (excluding diaryl/α,β-unsaturated/α-hetero) is 1. The summed E-state index contributed by atoms with van der Waals surface area (Å²) in [6, 6.07) is 8.81. The van der Waals surface area contributed by atoms with Gasteiger partial charge >= 0.3 is 0 Å². The Balaban J connectivity index is 0.000000555. The average Bonchev–Trinajstić information content (AvgIpc) is 2.44. The Morgan fingerprint density at radius 2 is 1.32 bits per heavy atom. The summed E-state index contributed by atoms with van der Waals surface area (Å²) in [6.45, 7) is 7.87. The van der Waals surface area contributed by atoms with Crippen molar-refractivity contribution < 1.29 is 4.79 Å². The maximum absolute atomic E-state index is 9.81. The molecule has 0 saturated heterocycles. The predicted molar refractivity (Wildman–Crippen MR) is 91.1 cm³/mol. The first kappa shape index (κ1) is 18.6. The molecule has 1 rings (SSSR count). The van der Waals surface area contributed by atoms with Gasteiger partial charge in [0, 0.05) is 17.9 Å². The zero-order valence-corrected chi connectivity index (χ0v) is 14.2. The second kappa shape index (κ2) is 12.6. The molecule has 0 radical (unpaired) electrons. The van der Waals surface area contributed by atoms with Crippen LogP contribution in [-0.4, -0.2) is 17.3 Å². The van der Waals surface area contributed by atoms with Crippen LogP contribution in [0, 0.1) is 0 Å². The highest BCUT2D eigenvalue weighted by Crippen LogP contribution is 2.20. The summed E-state index contributed by atoms with van der Waals surface area (Å²) >= 11 is 4.00. The summed E-state index contributed by atoms with van der Waals surface area (Å²) in [4.78, 5) is 9.81. The zero-order chi connectivity index (χ0) is 14.5. The number of carbonyl (C=O) groups excluding carboxylic acids is 1. The molecule has 1 aromatic rings. The molecule has 3 heteroatoms. The molecule has 0 spiro atoms. The van der Waals surface area contributed by atoms with E-state index >= 15 is 0 Å². The van der Waals surface area contributed by atoms with Gasteiger partial charge in [0.15, 0.2) is 0 Å². The van der Waals surface area contributed by atoms with Crippen LogP contribution in [0.1, 0.15) is 45.2 Å². The molecule has 0 atom stereocenters. The summed E-state index contributed by atoms with van der Waals surface area (Å²) in [5, 5.41) is 0. The number of hydrogen-bond acceptors (Lipinski definition) is 3. The van der Waals surface area contributed by atoms with Gasteiger partial charge in [0.25, 0.3) is 0 Å². The Morgan fingerprint density at radius 3 is 1.58 bits per heavy atom. The molecule has 0 unspecified atom stereocenters. The minimum atomic E-state index is 0.255. The van der Waals surface area contributed by atoms with Crippen molar-refractivity contribution in [2.75, 3.05) is 11.5 Å². The van der Waals surface area contributed by atoms with Crippen molar-refractivity contribution in [1.82, 2.24) is 0 Å². The van der Waals surface area contributed by atoms with Crippen molar-refractivity contribution in [2.24, 2.45) is 0 Å². The molecule has 0 N–H and O–H groups in total. The van der Waals surface area contributed by atoms with Crippen LogP contribution in [0.5, 0.6) is 0 Å². The zero-order valence-electron chi connectivity index (χ0n) is 12.6. The van der Waals surface area contributed by atoms with Gasteiger partial charge in [-0.25, -0.2) is 0 Å². The van der Waals surface area contributed by atoms with Gasteiger partial charge in [0.1, 0.15) is 5.78 Å². The van der Waals surface area contributed by atoms with Crippen molar-refractivity contribution in [1.29, 1.82) is 0 Å². The summed E-state index contributed by atoms with van der Waals surface area (Å²) in [5.41, 5.74) is 3.03. The molecule has 1 nitrogen and oxygen atoms in total. The number of benzene rings is 1. The van der Waals surface area contributed by atoms with E-state index in [1.165, 1.54) is 22.6 Å². The van der Waals surface area contributed by atoms with E-state index in [1.807, 2.05) is 30.4 Å². The average molecular weight is 299 g/mol. The standard InChI is InChI=1S/C12H18S2.C4H8O/c1-3-13-9-11-7-5-6-8-12(11)10-14-4-2;1-3-4(2)5/h5-8H,3-4,9-10H2,1-2H3;3H2,1-2H3. The maximum atomic E-state index is 9.81. The van der Waals surface area contributed by atoms with Crippen LogP contribution in [0.4, 0.5) is 0 Å². The molecule has 0 bridgehead atoms. The fourth-order valence-corrected chi connectivity index (χ4v) is 2.67. The van der Waals surface area contributed by atoms with Crippen LogP contribution in [-0.2, 0) is 16.3 Å². The topological polar surface area (TPSA) is 17.1 Å². The number of carbonyl (C=O) groups is 1. The smallest absolute Gasteiger partial charge is 0.129 e. The molecule has 0 aromatic heterocycles. The molecule has 0 aliphatic carbocycles. The van der Waals surface area contributed by atoms with Crippen molar-refractivity contribution >= 4 is 29.3 Å². The van der Waals surface area contributed by atoms with Crippen molar-refractivity contribution in [3.63, 3.8) is 0 Å². The van der Waals surface area contributed by atoms with Gasteiger partial charge in [-0.1, -0.05) is 45.0 Å². The van der Waals surface area contributed by atoms with Gasteiger partial charge in [-0.05, 0) is 29.6 Å². The van der Waals surface area contributed by atoms with Crippen LogP contribution in [0.25, 0.3) is 0 Å². The highest BCUT2D eigenvalue weighted by atomic mass is 32.2. The molecule has 108 valence electrons. The fraction of sp³-hybridized carbons (Fsp3) is 0.562. The summed E-state index contributed by atoms with van der Waals surface area (Å²) in [5.74, 6) is 4.99. The molecule has 19 heavy (non-hydrogen) atoms. The quantitative estimate of drug-likeness (QED) is 0.690. The number of thioether (sulfide) groups is 2. The third-order valence-corrected chi connectivity index (χ3v) is 4.39. The van der Waals surface area contributed by atoms with Crippen LogP contribution in [0.2, 0.25) is 0 Å². The Kier molecular flexibility index (Phi) is 12.3. The molecule has 0 heterocycles. The number of hydrogen-bond donors (Lipinski definition) is 0. The lowest BCUT2D eigenvalue weighted by atomic mass is 10.1. The van der Waals surface area contributed by atoms with Crippen LogP contribution < -0.4 is 0 Å². The molecule has 0 aliphatic rings. The molecule has 0 fully saturated rings. The van der Waals surface area contributed by atoms with Crippen molar-refractivity contribution in [3.8, 4) is 0 Å². The normalized spacial score (nSPS) is 9.68. The van der Waals surface area contributed by atoms with E-state index in [4.69, 9.17) is 0 Å². The second-order valence-electron chi connectivity index (χ2n) is 4.10. The SMILES string of the molecule is CCC(C)=O.CCSCc1ccccc1CSCC. The van der Waals surface area contributed by atoms with E-state index in [0.717, 1.165) is 11.5 Å². The largest absolute Gasteiger partial charge is 0.300 e. The third-order valence-electron chi connectivity index (χ3n) is 2.54. The Morgan fingerprint density at radius 1 is 0.947 bits per heavy atom. The monoisotopic (exact) mass is 298 g/mol. The summed E-state index contributed by atoms with van der Waals surface area (Å²) in [6.07, 6.45) is 0.667. The van der Waals surface area contributed by atoms with E-state index in [-0.39, 0.29) is 5.78 Å². The molecular weight excluding hydrogens is 272 g/mol. The first-order valence-electron chi connectivity index (χ1n) is 6.87. The van der Waals surface area contributed by atoms with Gasteiger partial charge in [0.2, 0.25) is 0 Å². The lowest BCUT2D eigenvalue weighted by Crippen LogP contribution is -1.90. The van der Waals surface area contributed by atoms with Crippen molar-refractivity contribution in [3.05, 3.63) is 35.4 Å². The number of rotatable bonds is 7. The van der Waals surface area contributed by atoms with Crippen molar-refractivity contribution in [2.45, 2.75) is 45.6 Å². The minimum Gasteiger partial charge on any atom is -0.300 e. The lowest BCUT2D eigenvalue weighted by Gasteiger charge is -2.07. The van der Waals surface area contributed by atoms with Crippen LogP contribution >= 0.6 is 23.5 Å². The van der Waals surface area contributed by atoms with Gasteiger partial charge < -0.3 is 4.79 Å². The van der Waals surface area contributed by atoms with Crippen LogP contribution in [0.3, 0.4) is 0 Å². The molecule has 0 saturated carbocycles. The van der Waals surface area contributed by atoms with E-state index < -0.39 is 0 Å². The van der Waals surface area contributed by atoms with Gasteiger partial charge in [-0.3, -0.25) is 0 Å². The second-order valence-corrected chi connectivity index (χ2v) is 6.65. The van der Waals surface area contributed by atoms with Crippen LogP contribution in [0.15, 0.2) is 24.3 Å². The molecule has 1 aromatic carbocycles. The molecule has 0 aliphatic heterocycles. The first-order valence-corrected chi connectivity index (χ1v) is 9.18. The molecular formula is C16H26OS2. The minimum absolute atomic E-state index is 0.255.